The molecule has 1 aliphatic rings. The minimum absolute atomic E-state index is 0.322. The summed E-state index contributed by atoms with van der Waals surface area (Å²) < 4.78 is 0. The number of aromatic hydroxyl groups is 1. The van der Waals surface area contributed by atoms with Crippen LogP contribution in [0.2, 0.25) is 0 Å². The Bertz CT molecular complexity index is 404. The average Bonchev–Trinajstić information content (AvgIpc) is 3.16. The average molecular weight is 212 g/mol. The molecule has 82 valence electrons. The van der Waals surface area contributed by atoms with Crippen LogP contribution < -0.4 is 0 Å². The number of phenolic OH excluding ortho intramolecular Hbond substituents is 1. The van der Waals surface area contributed by atoms with Gasteiger partial charge in [0.1, 0.15) is 5.75 Å². The molecular formula is C15H16O. The molecule has 3 rings (SSSR count). The highest BCUT2D eigenvalue weighted by molar-refractivity contribution is 5.23. The number of benzene rings is 2. The van der Waals surface area contributed by atoms with Crippen molar-refractivity contribution in [3.05, 3.63) is 66.2 Å². The maximum Gasteiger partial charge on any atom is 0.115 e. The molecule has 0 spiro atoms. The minimum atomic E-state index is 0.322. The van der Waals surface area contributed by atoms with Crippen molar-refractivity contribution < 1.29 is 5.11 Å². The van der Waals surface area contributed by atoms with Crippen LogP contribution in [-0.2, 0) is 0 Å². The highest BCUT2D eigenvalue weighted by Crippen LogP contribution is 2.39. The standard InChI is InChI=1S/C9H10.C6H6O/c1-2-4-8(5-3-1)9-6-7-9;7-6-4-2-1-3-5-6/h1-5,9H,6-7H2;1-5,7H. The normalized spacial score (nSPS) is 13.8. The molecule has 0 atom stereocenters. The van der Waals surface area contributed by atoms with Crippen molar-refractivity contribution in [1.29, 1.82) is 0 Å². The Morgan fingerprint density at radius 3 is 1.62 bits per heavy atom. The van der Waals surface area contributed by atoms with Crippen molar-refractivity contribution in [3.8, 4) is 5.75 Å². The van der Waals surface area contributed by atoms with E-state index in [-0.39, 0.29) is 0 Å². The van der Waals surface area contributed by atoms with Gasteiger partial charge in [0.25, 0.3) is 0 Å². The van der Waals surface area contributed by atoms with Crippen molar-refractivity contribution >= 4 is 0 Å². The van der Waals surface area contributed by atoms with E-state index in [2.05, 4.69) is 30.3 Å². The van der Waals surface area contributed by atoms with Crippen LogP contribution in [0.4, 0.5) is 0 Å². The summed E-state index contributed by atoms with van der Waals surface area (Å²) >= 11 is 0. The van der Waals surface area contributed by atoms with E-state index in [1.165, 1.54) is 18.4 Å². The van der Waals surface area contributed by atoms with E-state index < -0.39 is 0 Å². The fourth-order valence-corrected chi connectivity index (χ4v) is 1.57. The first-order chi connectivity index (χ1) is 7.86. The van der Waals surface area contributed by atoms with Gasteiger partial charge < -0.3 is 5.11 Å². The quantitative estimate of drug-likeness (QED) is 0.758. The Morgan fingerprint density at radius 2 is 1.25 bits per heavy atom. The second-order valence-corrected chi connectivity index (χ2v) is 4.02. The third kappa shape index (κ3) is 3.43. The molecule has 1 N–H and O–H groups in total. The molecule has 1 fully saturated rings. The molecule has 0 saturated heterocycles. The lowest BCUT2D eigenvalue weighted by Crippen LogP contribution is -1.73. The van der Waals surface area contributed by atoms with Crippen LogP contribution in [0.3, 0.4) is 0 Å². The number of rotatable bonds is 1. The highest BCUT2D eigenvalue weighted by Gasteiger charge is 2.22. The van der Waals surface area contributed by atoms with E-state index in [0.717, 1.165) is 5.92 Å². The zero-order valence-electron chi connectivity index (χ0n) is 9.21. The van der Waals surface area contributed by atoms with Crippen LogP contribution in [0.1, 0.15) is 24.3 Å². The summed E-state index contributed by atoms with van der Waals surface area (Å²) in [5.41, 5.74) is 1.53. The van der Waals surface area contributed by atoms with E-state index in [1.807, 2.05) is 6.07 Å². The molecule has 0 aliphatic heterocycles. The van der Waals surface area contributed by atoms with Gasteiger partial charge in [0.15, 0.2) is 0 Å². The Balaban J connectivity index is 0.000000125. The summed E-state index contributed by atoms with van der Waals surface area (Å²) in [5, 5.41) is 8.63. The molecule has 0 aromatic heterocycles. The van der Waals surface area contributed by atoms with Crippen LogP contribution in [0.25, 0.3) is 0 Å². The summed E-state index contributed by atoms with van der Waals surface area (Å²) in [7, 11) is 0. The molecular weight excluding hydrogens is 196 g/mol. The Kier molecular flexibility index (Phi) is 3.60. The molecule has 16 heavy (non-hydrogen) atoms. The Hall–Kier alpha value is -1.76. The van der Waals surface area contributed by atoms with Gasteiger partial charge in [-0.1, -0.05) is 48.5 Å². The maximum absolute atomic E-state index is 8.63. The second kappa shape index (κ2) is 5.36. The highest BCUT2D eigenvalue weighted by atomic mass is 16.3. The molecule has 0 heterocycles. The molecule has 1 nitrogen and oxygen atoms in total. The summed E-state index contributed by atoms with van der Waals surface area (Å²) in [4.78, 5) is 0. The van der Waals surface area contributed by atoms with Crippen LogP contribution in [0.5, 0.6) is 5.75 Å². The molecule has 2 aromatic rings. The van der Waals surface area contributed by atoms with Crippen molar-refractivity contribution in [2.45, 2.75) is 18.8 Å². The fraction of sp³-hybridized carbons (Fsp3) is 0.200. The lowest BCUT2D eigenvalue weighted by Gasteiger charge is -1.92. The lowest BCUT2D eigenvalue weighted by atomic mass is 10.1. The van der Waals surface area contributed by atoms with Crippen LogP contribution in [-0.4, -0.2) is 5.11 Å². The van der Waals surface area contributed by atoms with Gasteiger partial charge in [0.2, 0.25) is 0 Å². The van der Waals surface area contributed by atoms with Crippen LogP contribution in [0.15, 0.2) is 60.7 Å². The molecule has 0 radical (unpaired) electrons. The predicted octanol–water partition coefficient (Wildman–Crippen LogP) is 3.96. The molecule has 2 aromatic carbocycles. The van der Waals surface area contributed by atoms with Crippen molar-refractivity contribution in [3.63, 3.8) is 0 Å². The zero-order valence-corrected chi connectivity index (χ0v) is 9.21. The molecule has 0 unspecified atom stereocenters. The van der Waals surface area contributed by atoms with E-state index in [1.54, 1.807) is 24.3 Å². The minimum Gasteiger partial charge on any atom is -0.508 e. The van der Waals surface area contributed by atoms with Gasteiger partial charge in [0, 0.05) is 0 Å². The maximum atomic E-state index is 8.63. The van der Waals surface area contributed by atoms with Crippen LogP contribution >= 0.6 is 0 Å². The van der Waals surface area contributed by atoms with Gasteiger partial charge in [-0.05, 0) is 36.5 Å². The van der Waals surface area contributed by atoms with Crippen molar-refractivity contribution in [1.82, 2.24) is 0 Å². The first-order valence-corrected chi connectivity index (χ1v) is 5.65. The largest absolute Gasteiger partial charge is 0.508 e. The van der Waals surface area contributed by atoms with Gasteiger partial charge in [-0.25, -0.2) is 0 Å². The van der Waals surface area contributed by atoms with Crippen molar-refractivity contribution in [2.75, 3.05) is 0 Å². The van der Waals surface area contributed by atoms with Gasteiger partial charge in [-0.3, -0.25) is 0 Å². The SMILES string of the molecule is Oc1ccccc1.c1ccc(C2CC2)cc1. The first kappa shape index (κ1) is 10.7. The monoisotopic (exact) mass is 212 g/mol. The van der Waals surface area contributed by atoms with Crippen LogP contribution in [0, 0.1) is 0 Å². The molecule has 0 amide bonds. The fourth-order valence-electron chi connectivity index (χ4n) is 1.57. The van der Waals surface area contributed by atoms with Gasteiger partial charge in [0.05, 0.1) is 0 Å². The van der Waals surface area contributed by atoms with E-state index in [0.29, 0.717) is 5.75 Å². The summed E-state index contributed by atoms with van der Waals surface area (Å²) in [6.45, 7) is 0. The molecule has 1 aliphatic carbocycles. The smallest absolute Gasteiger partial charge is 0.115 e. The van der Waals surface area contributed by atoms with E-state index in [9.17, 15) is 0 Å². The number of phenols is 1. The number of hydrogen-bond acceptors (Lipinski definition) is 1. The van der Waals surface area contributed by atoms with Crippen molar-refractivity contribution in [2.24, 2.45) is 0 Å². The molecule has 1 saturated carbocycles. The summed E-state index contributed by atoms with van der Waals surface area (Å²) in [6, 6.07) is 19.5. The third-order valence-corrected chi connectivity index (χ3v) is 2.60. The topological polar surface area (TPSA) is 20.2 Å². The van der Waals surface area contributed by atoms with E-state index in [4.69, 9.17) is 5.11 Å². The molecule has 0 bridgehead atoms. The summed E-state index contributed by atoms with van der Waals surface area (Å²) in [6.07, 6.45) is 2.81. The summed E-state index contributed by atoms with van der Waals surface area (Å²) in [5.74, 6) is 1.23. The van der Waals surface area contributed by atoms with Gasteiger partial charge in [-0.2, -0.15) is 0 Å². The first-order valence-electron chi connectivity index (χ1n) is 5.65. The van der Waals surface area contributed by atoms with Gasteiger partial charge in [-0.15, -0.1) is 0 Å². The lowest BCUT2D eigenvalue weighted by molar-refractivity contribution is 0.475. The van der Waals surface area contributed by atoms with Gasteiger partial charge >= 0.3 is 0 Å². The Morgan fingerprint density at radius 1 is 0.750 bits per heavy atom. The zero-order chi connectivity index (χ0) is 11.2. The number of para-hydroxylation sites is 1. The Labute approximate surface area is 96.4 Å². The van der Waals surface area contributed by atoms with E-state index >= 15 is 0 Å². The third-order valence-electron chi connectivity index (χ3n) is 2.60. The second-order valence-electron chi connectivity index (χ2n) is 4.02. The predicted molar refractivity (Wildman–Crippen MR) is 66.5 cm³/mol. The molecule has 1 heteroatoms. The number of hydrogen-bond donors (Lipinski definition) is 1.